The van der Waals surface area contributed by atoms with Crippen molar-refractivity contribution < 1.29 is 9.50 Å². The predicted octanol–water partition coefficient (Wildman–Crippen LogP) is 4.72. The van der Waals surface area contributed by atoms with Crippen molar-refractivity contribution in [2.24, 2.45) is 0 Å². The summed E-state index contributed by atoms with van der Waals surface area (Å²) in [5, 5.41) is 11.1. The zero-order valence-corrected chi connectivity index (χ0v) is 11.8. The fourth-order valence-corrected chi connectivity index (χ4v) is 2.20. The topological polar surface area (TPSA) is 20.2 Å². The molecule has 2 aromatic rings. The Morgan fingerprint density at radius 2 is 1.84 bits per heavy atom. The molecular formula is C15H13Cl2FO. The lowest BCUT2D eigenvalue weighted by Gasteiger charge is -2.12. The van der Waals surface area contributed by atoms with Crippen LogP contribution in [0.3, 0.4) is 0 Å². The van der Waals surface area contributed by atoms with E-state index in [-0.39, 0.29) is 5.82 Å². The second-order valence-corrected chi connectivity index (χ2v) is 5.29. The van der Waals surface area contributed by atoms with Crippen molar-refractivity contribution in [2.75, 3.05) is 0 Å². The molecule has 1 nitrogen and oxygen atoms in total. The molecule has 0 aliphatic carbocycles. The molecule has 2 aromatic carbocycles. The molecule has 19 heavy (non-hydrogen) atoms. The van der Waals surface area contributed by atoms with E-state index in [0.29, 0.717) is 27.6 Å². The Bertz CT molecular complexity index is 599. The van der Waals surface area contributed by atoms with Gasteiger partial charge in [0.2, 0.25) is 0 Å². The third-order valence-electron chi connectivity index (χ3n) is 2.98. The maximum atomic E-state index is 13.2. The molecule has 1 N–H and O–H groups in total. The summed E-state index contributed by atoms with van der Waals surface area (Å²) in [5.74, 6) is -0.273. The molecule has 0 fully saturated rings. The Hall–Kier alpha value is -1.09. The summed E-state index contributed by atoms with van der Waals surface area (Å²) in [6.45, 7) is 1.67. The van der Waals surface area contributed by atoms with Crippen LogP contribution in [0, 0.1) is 12.7 Å². The first-order chi connectivity index (χ1) is 8.97. The molecule has 0 amide bonds. The molecule has 1 atom stereocenters. The summed E-state index contributed by atoms with van der Waals surface area (Å²) in [6, 6.07) is 9.84. The predicted molar refractivity (Wildman–Crippen MR) is 76.3 cm³/mol. The lowest BCUT2D eigenvalue weighted by Crippen LogP contribution is -2.02. The largest absolute Gasteiger partial charge is 0.388 e. The average Bonchev–Trinajstić information content (AvgIpc) is 2.37. The van der Waals surface area contributed by atoms with E-state index >= 15 is 0 Å². The molecule has 2 rings (SSSR count). The molecular weight excluding hydrogens is 286 g/mol. The van der Waals surface area contributed by atoms with Gasteiger partial charge in [-0.05, 0) is 41.8 Å². The molecule has 0 bridgehead atoms. The second kappa shape index (κ2) is 5.91. The van der Waals surface area contributed by atoms with Crippen LogP contribution in [0.4, 0.5) is 4.39 Å². The van der Waals surface area contributed by atoms with Crippen molar-refractivity contribution in [3.63, 3.8) is 0 Å². The van der Waals surface area contributed by atoms with Gasteiger partial charge in [-0.2, -0.15) is 0 Å². The molecule has 0 saturated heterocycles. The smallest absolute Gasteiger partial charge is 0.126 e. The Morgan fingerprint density at radius 3 is 2.47 bits per heavy atom. The fraction of sp³-hybridized carbons (Fsp3) is 0.200. The molecule has 0 aliphatic heterocycles. The lowest BCUT2D eigenvalue weighted by atomic mass is 10.00. The Kier molecular flexibility index (Phi) is 4.46. The van der Waals surface area contributed by atoms with Crippen molar-refractivity contribution >= 4 is 23.2 Å². The number of aliphatic hydroxyl groups is 1. The van der Waals surface area contributed by atoms with Gasteiger partial charge in [0, 0.05) is 6.42 Å². The van der Waals surface area contributed by atoms with E-state index < -0.39 is 6.10 Å². The minimum atomic E-state index is -0.698. The molecule has 0 radical (unpaired) electrons. The van der Waals surface area contributed by atoms with E-state index in [2.05, 4.69) is 0 Å². The summed E-state index contributed by atoms with van der Waals surface area (Å²) < 4.78 is 13.2. The van der Waals surface area contributed by atoms with Gasteiger partial charge < -0.3 is 5.11 Å². The highest BCUT2D eigenvalue weighted by atomic mass is 35.5. The van der Waals surface area contributed by atoms with Crippen LogP contribution in [0.5, 0.6) is 0 Å². The molecule has 0 aliphatic rings. The van der Waals surface area contributed by atoms with Crippen LogP contribution in [-0.2, 0) is 6.42 Å². The van der Waals surface area contributed by atoms with E-state index in [9.17, 15) is 9.50 Å². The third-order valence-corrected chi connectivity index (χ3v) is 3.72. The van der Waals surface area contributed by atoms with Crippen LogP contribution in [0.1, 0.15) is 22.8 Å². The third kappa shape index (κ3) is 3.47. The monoisotopic (exact) mass is 298 g/mol. The van der Waals surface area contributed by atoms with Gasteiger partial charge in [-0.25, -0.2) is 4.39 Å². The first-order valence-corrected chi connectivity index (χ1v) is 6.61. The van der Waals surface area contributed by atoms with Gasteiger partial charge in [0.15, 0.2) is 0 Å². The van der Waals surface area contributed by atoms with Crippen molar-refractivity contribution in [2.45, 2.75) is 19.4 Å². The number of rotatable bonds is 3. The molecule has 0 aromatic heterocycles. The Balaban J connectivity index is 2.17. The van der Waals surface area contributed by atoms with Crippen LogP contribution in [-0.4, -0.2) is 5.11 Å². The van der Waals surface area contributed by atoms with Crippen molar-refractivity contribution in [3.8, 4) is 0 Å². The number of halogens is 3. The number of hydrogen-bond donors (Lipinski definition) is 1. The molecule has 4 heteroatoms. The second-order valence-electron chi connectivity index (χ2n) is 4.48. The SMILES string of the molecule is Cc1cc(C(O)Cc2ccc(Cl)c(Cl)c2)ccc1F. The van der Waals surface area contributed by atoms with Gasteiger partial charge in [0.05, 0.1) is 16.1 Å². The van der Waals surface area contributed by atoms with Crippen LogP contribution >= 0.6 is 23.2 Å². The number of aliphatic hydroxyl groups excluding tert-OH is 1. The molecule has 1 unspecified atom stereocenters. The average molecular weight is 299 g/mol. The van der Waals surface area contributed by atoms with Crippen LogP contribution in [0.25, 0.3) is 0 Å². The van der Waals surface area contributed by atoms with Crippen molar-refractivity contribution in [1.82, 2.24) is 0 Å². The summed E-state index contributed by atoms with van der Waals surface area (Å²) >= 11 is 11.8. The van der Waals surface area contributed by atoms with Crippen molar-refractivity contribution in [1.29, 1.82) is 0 Å². The standard InChI is InChI=1S/C15H13Cl2FO/c1-9-6-11(3-5-14(9)18)15(19)8-10-2-4-12(16)13(17)7-10/h2-7,15,19H,8H2,1H3. The minimum Gasteiger partial charge on any atom is -0.388 e. The first kappa shape index (κ1) is 14.3. The van der Waals surface area contributed by atoms with E-state index in [1.807, 2.05) is 6.07 Å². The maximum absolute atomic E-state index is 13.2. The van der Waals surface area contributed by atoms with E-state index in [0.717, 1.165) is 5.56 Å². The van der Waals surface area contributed by atoms with Gasteiger partial charge in [0.1, 0.15) is 5.82 Å². The Labute approximate surface area is 121 Å². The van der Waals surface area contributed by atoms with Crippen LogP contribution in [0.2, 0.25) is 10.0 Å². The molecule has 100 valence electrons. The van der Waals surface area contributed by atoms with Gasteiger partial charge in [-0.3, -0.25) is 0 Å². The highest BCUT2D eigenvalue weighted by Gasteiger charge is 2.11. The van der Waals surface area contributed by atoms with E-state index in [1.165, 1.54) is 6.07 Å². The van der Waals surface area contributed by atoms with Gasteiger partial charge in [-0.15, -0.1) is 0 Å². The quantitative estimate of drug-likeness (QED) is 0.869. The van der Waals surface area contributed by atoms with Crippen molar-refractivity contribution in [3.05, 3.63) is 69.0 Å². The maximum Gasteiger partial charge on any atom is 0.126 e. The van der Waals surface area contributed by atoms with E-state index in [4.69, 9.17) is 23.2 Å². The van der Waals surface area contributed by atoms with Gasteiger partial charge in [-0.1, -0.05) is 41.4 Å². The summed E-state index contributed by atoms with van der Waals surface area (Å²) in [5.41, 5.74) is 2.08. The van der Waals surface area contributed by atoms with Gasteiger partial charge in [0.25, 0.3) is 0 Å². The number of hydrogen-bond acceptors (Lipinski definition) is 1. The highest BCUT2D eigenvalue weighted by molar-refractivity contribution is 6.42. The normalized spacial score (nSPS) is 12.5. The summed E-state index contributed by atoms with van der Waals surface area (Å²) in [7, 11) is 0. The molecule has 0 spiro atoms. The molecule has 0 heterocycles. The molecule has 0 saturated carbocycles. The van der Waals surface area contributed by atoms with Gasteiger partial charge >= 0.3 is 0 Å². The summed E-state index contributed by atoms with van der Waals surface area (Å²) in [4.78, 5) is 0. The fourth-order valence-electron chi connectivity index (χ4n) is 1.88. The first-order valence-electron chi connectivity index (χ1n) is 5.85. The van der Waals surface area contributed by atoms with Crippen LogP contribution in [0.15, 0.2) is 36.4 Å². The Morgan fingerprint density at radius 1 is 1.11 bits per heavy atom. The minimum absolute atomic E-state index is 0.273. The zero-order chi connectivity index (χ0) is 14.0. The van der Waals surface area contributed by atoms with E-state index in [1.54, 1.807) is 31.2 Å². The lowest BCUT2D eigenvalue weighted by molar-refractivity contribution is 0.178. The summed E-state index contributed by atoms with van der Waals surface area (Å²) in [6.07, 6.45) is -0.293. The highest BCUT2D eigenvalue weighted by Crippen LogP contribution is 2.26. The van der Waals surface area contributed by atoms with Crippen LogP contribution < -0.4 is 0 Å². The number of aryl methyl sites for hydroxylation is 1. The number of benzene rings is 2. The zero-order valence-electron chi connectivity index (χ0n) is 10.3.